The molecule has 1 saturated heterocycles. The lowest BCUT2D eigenvalue weighted by Gasteiger charge is -2.39. The van der Waals surface area contributed by atoms with Crippen LogP contribution in [0.3, 0.4) is 0 Å². The van der Waals surface area contributed by atoms with Crippen LogP contribution in [0, 0.1) is 11.7 Å². The Kier molecular flexibility index (Phi) is 8.42. The number of hydrogen-bond donors (Lipinski definition) is 0. The van der Waals surface area contributed by atoms with Crippen molar-refractivity contribution in [2.24, 2.45) is 5.92 Å². The first-order chi connectivity index (χ1) is 19.9. The highest BCUT2D eigenvalue weighted by Crippen LogP contribution is 2.39. The summed E-state index contributed by atoms with van der Waals surface area (Å²) in [7, 11) is 0. The van der Waals surface area contributed by atoms with Crippen molar-refractivity contribution in [3.05, 3.63) is 71.8 Å². The lowest BCUT2D eigenvalue weighted by Crippen LogP contribution is -2.51. The Bertz CT molecular complexity index is 1520. The monoisotopic (exact) mass is 572 g/mol. The Morgan fingerprint density at radius 3 is 2.66 bits per heavy atom. The molecule has 41 heavy (non-hydrogen) atoms. The van der Waals surface area contributed by atoms with Crippen LogP contribution in [0.15, 0.2) is 54.9 Å². The number of fused-ring (bicyclic) bond motifs is 1. The number of ketones is 1. The lowest BCUT2D eigenvalue weighted by molar-refractivity contribution is -0.118. The standard InChI is InChI=1S/C33H37FN4O2S/c1-3-12-38-14-13-37(20-22(38)2)21-25-6-8-28(36-19-25)32-18-29-33(41-32)31(10-11-35-29)40-30-9-7-24(17-27(30)34)16-26(39)15-23-4-5-23/h6-11,17-19,22-23H,3-5,12-16,20-21H2,1-2H3/t22-/m1/s1. The first kappa shape index (κ1) is 27.9. The van der Waals surface area contributed by atoms with Gasteiger partial charge in [-0.1, -0.05) is 19.1 Å². The van der Waals surface area contributed by atoms with Crippen molar-refractivity contribution in [2.75, 3.05) is 26.2 Å². The van der Waals surface area contributed by atoms with Gasteiger partial charge in [0.2, 0.25) is 0 Å². The second-order valence-electron chi connectivity index (χ2n) is 11.5. The van der Waals surface area contributed by atoms with Crippen molar-refractivity contribution in [2.45, 2.75) is 58.5 Å². The van der Waals surface area contributed by atoms with E-state index in [4.69, 9.17) is 9.72 Å². The van der Waals surface area contributed by atoms with Gasteiger partial charge >= 0.3 is 0 Å². The Hall–Kier alpha value is -3.20. The SMILES string of the molecule is CCCN1CCN(Cc2ccc(-c3cc4nccc(Oc5ccc(CC(=O)CC6CC6)cc5F)c4s3)nc2)C[C@H]1C. The third kappa shape index (κ3) is 6.83. The lowest BCUT2D eigenvalue weighted by atomic mass is 10.0. The first-order valence-corrected chi connectivity index (χ1v) is 15.5. The average Bonchev–Trinajstić information content (AvgIpc) is 3.65. The molecule has 0 unspecified atom stereocenters. The summed E-state index contributed by atoms with van der Waals surface area (Å²) < 4.78 is 21.8. The van der Waals surface area contributed by atoms with Gasteiger partial charge in [0, 0.05) is 63.5 Å². The van der Waals surface area contributed by atoms with E-state index in [1.54, 1.807) is 24.4 Å². The van der Waals surface area contributed by atoms with Crippen LogP contribution in [0.4, 0.5) is 4.39 Å². The highest BCUT2D eigenvalue weighted by atomic mass is 32.1. The molecule has 4 heterocycles. The van der Waals surface area contributed by atoms with E-state index in [0.29, 0.717) is 29.7 Å². The minimum Gasteiger partial charge on any atom is -0.453 e. The normalized spacial score (nSPS) is 18.2. The van der Waals surface area contributed by atoms with Crippen LogP contribution in [0.2, 0.25) is 0 Å². The third-order valence-electron chi connectivity index (χ3n) is 8.05. The molecule has 0 radical (unpaired) electrons. The minimum absolute atomic E-state index is 0.137. The summed E-state index contributed by atoms with van der Waals surface area (Å²) in [6.45, 7) is 9.92. The molecule has 6 rings (SSSR count). The smallest absolute Gasteiger partial charge is 0.166 e. The Balaban J connectivity index is 1.12. The first-order valence-electron chi connectivity index (χ1n) is 14.7. The van der Waals surface area contributed by atoms with E-state index in [0.717, 1.165) is 59.8 Å². The van der Waals surface area contributed by atoms with E-state index in [-0.39, 0.29) is 18.0 Å². The summed E-state index contributed by atoms with van der Waals surface area (Å²) >= 11 is 1.54. The number of carbonyl (C=O) groups excluding carboxylic acids is 1. The van der Waals surface area contributed by atoms with Gasteiger partial charge in [-0.3, -0.25) is 24.6 Å². The van der Waals surface area contributed by atoms with Crippen molar-refractivity contribution in [3.8, 4) is 22.1 Å². The topological polar surface area (TPSA) is 58.6 Å². The molecule has 1 aromatic carbocycles. The van der Waals surface area contributed by atoms with Crippen LogP contribution in [-0.2, 0) is 17.8 Å². The largest absolute Gasteiger partial charge is 0.453 e. The van der Waals surface area contributed by atoms with Gasteiger partial charge in [-0.25, -0.2) is 4.39 Å². The Morgan fingerprint density at radius 2 is 1.93 bits per heavy atom. The van der Waals surface area contributed by atoms with Crippen molar-refractivity contribution < 1.29 is 13.9 Å². The highest BCUT2D eigenvalue weighted by molar-refractivity contribution is 7.22. The van der Waals surface area contributed by atoms with Crippen molar-refractivity contribution in [1.82, 2.24) is 19.8 Å². The fourth-order valence-electron chi connectivity index (χ4n) is 5.68. The average molecular weight is 573 g/mol. The summed E-state index contributed by atoms with van der Waals surface area (Å²) in [5.74, 6) is 0.924. The predicted molar refractivity (Wildman–Crippen MR) is 162 cm³/mol. The van der Waals surface area contributed by atoms with Gasteiger partial charge in [0.25, 0.3) is 0 Å². The molecular weight excluding hydrogens is 535 g/mol. The highest BCUT2D eigenvalue weighted by Gasteiger charge is 2.25. The van der Waals surface area contributed by atoms with E-state index in [2.05, 4.69) is 40.8 Å². The second kappa shape index (κ2) is 12.3. The number of rotatable bonds is 11. The molecule has 1 saturated carbocycles. The predicted octanol–water partition coefficient (Wildman–Crippen LogP) is 7.12. The number of benzene rings is 1. The van der Waals surface area contributed by atoms with Gasteiger partial charge in [-0.2, -0.15) is 0 Å². The summed E-state index contributed by atoms with van der Waals surface area (Å²) in [5.41, 5.74) is 3.56. The van der Waals surface area contributed by atoms with Crippen LogP contribution in [0.5, 0.6) is 11.5 Å². The zero-order chi connectivity index (χ0) is 28.3. The molecule has 1 aliphatic heterocycles. The Morgan fingerprint density at radius 1 is 1.07 bits per heavy atom. The zero-order valence-electron chi connectivity index (χ0n) is 23.8. The molecule has 6 nitrogen and oxygen atoms in total. The number of aromatic nitrogens is 2. The minimum atomic E-state index is -0.470. The van der Waals surface area contributed by atoms with E-state index in [1.807, 2.05) is 12.3 Å². The zero-order valence-corrected chi connectivity index (χ0v) is 24.6. The third-order valence-corrected chi connectivity index (χ3v) is 9.21. The molecule has 0 spiro atoms. The fourth-order valence-corrected chi connectivity index (χ4v) is 6.72. The molecule has 0 bridgehead atoms. The quantitative estimate of drug-likeness (QED) is 0.191. The van der Waals surface area contributed by atoms with Crippen molar-refractivity contribution >= 4 is 27.3 Å². The molecule has 1 atom stereocenters. The molecule has 214 valence electrons. The number of piperazine rings is 1. The van der Waals surface area contributed by atoms with Gasteiger partial charge in [0.05, 0.1) is 20.8 Å². The van der Waals surface area contributed by atoms with E-state index < -0.39 is 5.82 Å². The van der Waals surface area contributed by atoms with E-state index in [9.17, 15) is 9.18 Å². The van der Waals surface area contributed by atoms with Crippen LogP contribution in [-0.4, -0.2) is 57.8 Å². The molecular formula is C33H37FN4O2S. The molecule has 1 aliphatic carbocycles. The molecule has 3 aromatic heterocycles. The van der Waals surface area contributed by atoms with E-state index in [1.165, 1.54) is 35.9 Å². The summed E-state index contributed by atoms with van der Waals surface area (Å²) in [6, 6.07) is 13.4. The number of halogens is 1. The summed E-state index contributed by atoms with van der Waals surface area (Å²) in [5, 5.41) is 0. The van der Waals surface area contributed by atoms with Crippen LogP contribution in [0.1, 0.15) is 50.7 Å². The summed E-state index contributed by atoms with van der Waals surface area (Å²) in [6.07, 6.45) is 7.98. The number of ether oxygens (including phenoxy) is 1. The molecule has 0 amide bonds. The molecule has 8 heteroatoms. The maximum Gasteiger partial charge on any atom is 0.166 e. The van der Waals surface area contributed by atoms with Gasteiger partial charge in [0.15, 0.2) is 11.6 Å². The van der Waals surface area contributed by atoms with E-state index >= 15 is 0 Å². The maximum atomic E-state index is 14.9. The number of pyridine rings is 2. The number of Topliss-reactive ketones (excluding diaryl/α,β-unsaturated/α-hetero) is 1. The molecule has 0 N–H and O–H groups in total. The Labute approximate surface area is 245 Å². The van der Waals surface area contributed by atoms with Crippen molar-refractivity contribution in [1.29, 1.82) is 0 Å². The second-order valence-corrected chi connectivity index (χ2v) is 12.6. The number of nitrogens with zero attached hydrogens (tertiary/aromatic N) is 4. The van der Waals surface area contributed by atoms with Crippen molar-refractivity contribution in [3.63, 3.8) is 0 Å². The summed E-state index contributed by atoms with van der Waals surface area (Å²) in [4.78, 5) is 27.6. The maximum absolute atomic E-state index is 14.9. The van der Waals surface area contributed by atoms with Gasteiger partial charge in [0.1, 0.15) is 11.5 Å². The molecule has 4 aromatic rings. The number of hydrogen-bond acceptors (Lipinski definition) is 7. The number of carbonyl (C=O) groups is 1. The van der Waals surface area contributed by atoms with Gasteiger partial charge in [-0.05, 0) is 74.0 Å². The van der Waals surface area contributed by atoms with Crippen LogP contribution >= 0.6 is 11.3 Å². The molecule has 2 aliphatic rings. The van der Waals surface area contributed by atoms with Gasteiger partial charge < -0.3 is 4.74 Å². The fraction of sp³-hybridized carbons (Fsp3) is 0.424. The number of thiophene rings is 1. The van der Waals surface area contributed by atoms with Crippen LogP contribution in [0.25, 0.3) is 20.8 Å². The van der Waals surface area contributed by atoms with Crippen LogP contribution < -0.4 is 4.74 Å². The molecule has 2 fully saturated rings. The van der Waals surface area contributed by atoms with Gasteiger partial charge in [-0.15, -0.1) is 11.3 Å².